The van der Waals surface area contributed by atoms with E-state index in [1.54, 1.807) is 0 Å². The molecule has 0 radical (unpaired) electrons. The molecular weight excluding hydrogens is 254 g/mol. The molecule has 106 valence electrons. The lowest BCUT2D eigenvalue weighted by molar-refractivity contribution is 0.437. The molecule has 0 amide bonds. The molecule has 2 rings (SSSR count). The fourth-order valence-corrected chi connectivity index (χ4v) is 3.20. The Morgan fingerprint density at radius 3 is 2.68 bits per heavy atom. The van der Waals surface area contributed by atoms with Crippen LogP contribution in [0.2, 0.25) is 0 Å². The van der Waals surface area contributed by atoms with Crippen molar-refractivity contribution in [2.24, 2.45) is 0 Å². The second kappa shape index (κ2) is 5.37. The number of aromatic hydroxyl groups is 1. The molecule has 19 heavy (non-hydrogen) atoms. The van der Waals surface area contributed by atoms with Gasteiger partial charge in [-0.15, -0.1) is 0 Å². The first-order valence-electron chi connectivity index (χ1n) is 6.96. The molecule has 0 fully saturated rings. The summed E-state index contributed by atoms with van der Waals surface area (Å²) in [5, 5.41) is 13.8. The zero-order valence-electron chi connectivity index (χ0n) is 12.6. The van der Waals surface area contributed by atoms with Crippen LogP contribution in [0.15, 0.2) is 12.1 Å². The Morgan fingerprint density at radius 1 is 1.37 bits per heavy atom. The third-order valence-electron chi connectivity index (χ3n) is 4.24. The van der Waals surface area contributed by atoms with Crippen molar-refractivity contribution in [3.05, 3.63) is 28.8 Å². The molecule has 2 nitrogen and oxygen atoms in total. The van der Waals surface area contributed by atoms with Gasteiger partial charge in [-0.2, -0.15) is 11.8 Å². The van der Waals surface area contributed by atoms with Crippen molar-refractivity contribution < 1.29 is 5.11 Å². The number of fused-ring (bicyclic) bond motifs is 1. The number of aryl methyl sites for hydroxylation is 1. The van der Waals surface area contributed by atoms with Crippen LogP contribution in [0.1, 0.15) is 55.8 Å². The molecule has 2 atom stereocenters. The van der Waals surface area contributed by atoms with Gasteiger partial charge in [0.15, 0.2) is 0 Å². The van der Waals surface area contributed by atoms with Gasteiger partial charge < -0.3 is 10.4 Å². The van der Waals surface area contributed by atoms with Crippen molar-refractivity contribution in [1.29, 1.82) is 0 Å². The summed E-state index contributed by atoms with van der Waals surface area (Å²) in [5.74, 6) is 0.974. The number of thioether (sulfide) groups is 1. The van der Waals surface area contributed by atoms with Gasteiger partial charge in [-0.25, -0.2) is 0 Å². The van der Waals surface area contributed by atoms with E-state index in [4.69, 9.17) is 0 Å². The van der Waals surface area contributed by atoms with Crippen LogP contribution >= 0.6 is 11.8 Å². The van der Waals surface area contributed by atoms with E-state index in [0.29, 0.717) is 11.7 Å². The number of phenols is 1. The fraction of sp³-hybridized carbons (Fsp3) is 0.625. The summed E-state index contributed by atoms with van der Waals surface area (Å²) in [4.78, 5) is 0. The van der Waals surface area contributed by atoms with Gasteiger partial charge in [-0.1, -0.05) is 13.0 Å². The number of benzene rings is 1. The highest BCUT2D eigenvalue weighted by Gasteiger charge is 2.32. The molecule has 1 aromatic rings. The Kier molecular flexibility index (Phi) is 4.17. The maximum Gasteiger partial charge on any atom is 0.120 e. The fourth-order valence-electron chi connectivity index (χ4n) is 2.97. The van der Waals surface area contributed by atoms with Crippen LogP contribution in [0.4, 0.5) is 0 Å². The molecule has 0 aromatic heterocycles. The average Bonchev–Trinajstić information content (AvgIpc) is 2.70. The number of rotatable bonds is 4. The first kappa shape index (κ1) is 14.7. The molecule has 3 heteroatoms. The first-order valence-corrected chi connectivity index (χ1v) is 8.19. The molecule has 0 saturated heterocycles. The minimum absolute atomic E-state index is 0.228. The van der Waals surface area contributed by atoms with E-state index in [1.807, 2.05) is 23.9 Å². The van der Waals surface area contributed by atoms with E-state index in [9.17, 15) is 5.11 Å². The van der Waals surface area contributed by atoms with Crippen molar-refractivity contribution >= 4 is 11.8 Å². The van der Waals surface area contributed by atoms with Gasteiger partial charge >= 0.3 is 0 Å². The molecule has 0 bridgehead atoms. The number of phenolic OH excluding ortho intramolecular Hbond substituents is 1. The van der Waals surface area contributed by atoms with E-state index in [-0.39, 0.29) is 10.8 Å². The monoisotopic (exact) mass is 279 g/mol. The topological polar surface area (TPSA) is 32.3 Å². The Morgan fingerprint density at radius 2 is 2.05 bits per heavy atom. The molecule has 2 unspecified atom stereocenters. The smallest absolute Gasteiger partial charge is 0.120 e. The largest absolute Gasteiger partial charge is 0.508 e. The number of hydrogen-bond donors (Lipinski definition) is 2. The van der Waals surface area contributed by atoms with Crippen LogP contribution in [0, 0.1) is 6.92 Å². The summed E-state index contributed by atoms with van der Waals surface area (Å²) < 4.78 is 0.228. The molecule has 2 N–H and O–H groups in total. The molecule has 1 aliphatic carbocycles. The summed E-state index contributed by atoms with van der Waals surface area (Å²) >= 11 is 1.87. The number of nitrogens with one attached hydrogen (secondary N) is 1. The van der Waals surface area contributed by atoms with Crippen LogP contribution in [0.25, 0.3) is 0 Å². The summed E-state index contributed by atoms with van der Waals surface area (Å²) in [6.45, 7) is 9.86. The van der Waals surface area contributed by atoms with Crippen LogP contribution in [0.3, 0.4) is 0 Å². The predicted octanol–water partition coefficient (Wildman–Crippen LogP) is 3.98. The molecule has 1 aromatic carbocycles. The lowest BCUT2D eigenvalue weighted by Gasteiger charge is -2.25. The summed E-state index contributed by atoms with van der Waals surface area (Å²) in [6, 6.07) is 4.15. The van der Waals surface area contributed by atoms with Crippen molar-refractivity contribution in [2.45, 2.75) is 50.8 Å². The van der Waals surface area contributed by atoms with Crippen LogP contribution in [0.5, 0.6) is 5.75 Å². The highest BCUT2D eigenvalue weighted by Crippen LogP contribution is 2.46. The Labute approximate surface area is 121 Å². The van der Waals surface area contributed by atoms with Gasteiger partial charge in [0.2, 0.25) is 0 Å². The zero-order chi connectivity index (χ0) is 14.2. The van der Waals surface area contributed by atoms with Crippen molar-refractivity contribution in [1.82, 2.24) is 5.32 Å². The highest BCUT2D eigenvalue weighted by atomic mass is 32.2. The van der Waals surface area contributed by atoms with E-state index in [1.165, 1.54) is 11.1 Å². The zero-order valence-corrected chi connectivity index (χ0v) is 13.4. The van der Waals surface area contributed by atoms with E-state index < -0.39 is 0 Å². The van der Waals surface area contributed by atoms with Gasteiger partial charge in [0.1, 0.15) is 5.75 Å². The lowest BCUT2D eigenvalue weighted by atomic mass is 9.97. The third kappa shape index (κ3) is 2.92. The highest BCUT2D eigenvalue weighted by molar-refractivity contribution is 7.99. The molecule has 0 aliphatic heterocycles. The third-order valence-corrected chi connectivity index (χ3v) is 5.49. The van der Waals surface area contributed by atoms with E-state index >= 15 is 0 Å². The maximum atomic E-state index is 10.2. The predicted molar refractivity (Wildman–Crippen MR) is 84.2 cm³/mol. The second-order valence-electron chi connectivity index (χ2n) is 6.26. The maximum absolute atomic E-state index is 10.2. The standard InChI is InChI=1S/C16H25NOS/c1-10-6-7-13(18)15-12(8-11(2)14(10)15)17-9-16(3,4)19-5/h6-7,11-12,17-18H,8-9H2,1-5H3. The van der Waals surface area contributed by atoms with Crippen molar-refractivity contribution in [2.75, 3.05) is 12.8 Å². The summed E-state index contributed by atoms with van der Waals surface area (Å²) in [6.07, 6.45) is 3.23. The minimum Gasteiger partial charge on any atom is -0.508 e. The van der Waals surface area contributed by atoms with Crippen molar-refractivity contribution in [3.8, 4) is 5.75 Å². The Hall–Kier alpha value is -0.670. The average molecular weight is 279 g/mol. The van der Waals surface area contributed by atoms with Crippen LogP contribution in [-0.2, 0) is 0 Å². The number of hydrogen-bond acceptors (Lipinski definition) is 3. The van der Waals surface area contributed by atoms with Gasteiger partial charge in [-0.05, 0) is 56.6 Å². The molecule has 0 heterocycles. The lowest BCUT2D eigenvalue weighted by Crippen LogP contribution is -2.34. The quantitative estimate of drug-likeness (QED) is 0.874. The second-order valence-corrected chi connectivity index (χ2v) is 7.78. The summed E-state index contributed by atoms with van der Waals surface area (Å²) in [5.41, 5.74) is 3.78. The van der Waals surface area contributed by atoms with Gasteiger partial charge in [-0.3, -0.25) is 0 Å². The molecule has 0 saturated carbocycles. The minimum atomic E-state index is 0.228. The van der Waals surface area contributed by atoms with Gasteiger partial charge in [0.25, 0.3) is 0 Å². The molecular formula is C16H25NOS. The van der Waals surface area contributed by atoms with Crippen molar-refractivity contribution in [3.63, 3.8) is 0 Å². The SMILES string of the molecule is CSC(C)(C)CNC1CC(C)c2c(C)ccc(O)c21. The van der Waals surface area contributed by atoms with Gasteiger partial charge in [0.05, 0.1) is 0 Å². The molecule has 1 aliphatic rings. The normalized spacial score (nSPS) is 22.6. The first-order chi connectivity index (χ1) is 8.85. The Bertz CT molecular complexity index is 470. The molecule has 0 spiro atoms. The van der Waals surface area contributed by atoms with Crippen LogP contribution in [-0.4, -0.2) is 22.7 Å². The van der Waals surface area contributed by atoms with E-state index in [2.05, 4.69) is 39.3 Å². The summed E-state index contributed by atoms with van der Waals surface area (Å²) in [7, 11) is 0. The van der Waals surface area contributed by atoms with Crippen LogP contribution < -0.4 is 5.32 Å². The van der Waals surface area contributed by atoms with E-state index in [0.717, 1.165) is 18.5 Å². The Balaban J connectivity index is 2.22. The van der Waals surface area contributed by atoms with Gasteiger partial charge in [0, 0.05) is 22.9 Å².